The van der Waals surface area contributed by atoms with Crippen molar-refractivity contribution in [2.75, 3.05) is 47.5 Å². The Morgan fingerprint density at radius 1 is 1.06 bits per heavy atom. The second-order valence-electron chi connectivity index (χ2n) is 3.96. The summed E-state index contributed by atoms with van der Waals surface area (Å²) < 4.78 is 30.1. The van der Waals surface area contributed by atoms with Crippen molar-refractivity contribution >= 4 is 10.4 Å². The van der Waals surface area contributed by atoms with Crippen LogP contribution in [0.15, 0.2) is 0 Å². The monoisotopic (exact) mass is 258 g/mol. The average molecular weight is 258 g/mol. The smallest absolute Gasteiger partial charge is 0.391 e. The van der Waals surface area contributed by atoms with Crippen molar-refractivity contribution in [3.05, 3.63) is 0 Å². The van der Waals surface area contributed by atoms with E-state index in [9.17, 15) is 8.42 Å². The Labute approximate surface area is 98.7 Å². The Balaban J connectivity index is 0. The molecule has 16 heavy (non-hydrogen) atoms. The van der Waals surface area contributed by atoms with Gasteiger partial charge in [-0.05, 0) is 13.8 Å². The molecule has 0 atom stereocenters. The van der Waals surface area contributed by atoms with Crippen molar-refractivity contribution in [2.24, 2.45) is 0 Å². The largest absolute Gasteiger partial charge is 0.399 e. The van der Waals surface area contributed by atoms with Crippen LogP contribution in [-0.4, -0.2) is 65.5 Å². The molecule has 0 rings (SSSR count). The zero-order valence-corrected chi connectivity index (χ0v) is 11.6. The third kappa shape index (κ3) is 16.2. The van der Waals surface area contributed by atoms with E-state index >= 15 is 0 Å². The zero-order valence-electron chi connectivity index (χ0n) is 10.8. The molecule has 0 spiro atoms. The first-order valence-electron chi connectivity index (χ1n) is 5.13. The molecule has 0 bridgehead atoms. The summed E-state index contributed by atoms with van der Waals surface area (Å²) in [5, 5.41) is 8.39. The average Bonchev–Trinajstić information content (AvgIpc) is 2.01. The summed E-state index contributed by atoms with van der Waals surface area (Å²) in [4.78, 5) is 0. The van der Waals surface area contributed by atoms with Gasteiger partial charge in [0.05, 0.1) is 41.0 Å². The Hall–Kier alpha value is -0.210. The quantitative estimate of drug-likeness (QED) is 0.678. The van der Waals surface area contributed by atoms with Crippen LogP contribution in [0.5, 0.6) is 0 Å². The molecule has 0 aliphatic rings. The Kier molecular flexibility index (Phi) is 10.1. The van der Waals surface area contributed by atoms with E-state index in [2.05, 4.69) is 29.5 Å². The Bertz CT molecular complexity index is 233. The second-order valence-corrected chi connectivity index (χ2v) is 5.25. The van der Waals surface area contributed by atoms with Crippen LogP contribution < -0.4 is 0 Å². The first-order chi connectivity index (χ1) is 7.18. The van der Waals surface area contributed by atoms with Gasteiger partial charge in [-0.25, -0.2) is 8.37 Å². The van der Waals surface area contributed by atoms with Gasteiger partial charge < -0.3 is 9.59 Å². The van der Waals surface area contributed by atoms with Gasteiger partial charge in [-0.2, -0.15) is 8.42 Å². The van der Waals surface area contributed by atoms with Crippen molar-refractivity contribution in [2.45, 2.75) is 13.8 Å². The number of hydrogen-bond acceptors (Lipinski definition) is 5. The lowest BCUT2D eigenvalue weighted by Crippen LogP contribution is -2.36. The molecule has 1 N–H and O–H groups in total. The van der Waals surface area contributed by atoms with Gasteiger partial charge in [-0.15, -0.1) is 0 Å². The fourth-order valence-electron chi connectivity index (χ4n) is 0.623. The number of aliphatic hydroxyl groups is 1. The van der Waals surface area contributed by atoms with Gasteiger partial charge in [0.25, 0.3) is 0 Å². The maximum atomic E-state index is 10.4. The normalized spacial score (nSPS) is 11.9. The maximum absolute atomic E-state index is 10.4. The Morgan fingerprint density at radius 2 is 1.44 bits per heavy atom. The van der Waals surface area contributed by atoms with E-state index in [0.717, 1.165) is 11.0 Å². The van der Waals surface area contributed by atoms with E-state index in [1.165, 1.54) is 0 Å². The highest BCUT2D eigenvalue weighted by Crippen LogP contribution is 1.93. The molecule has 0 fully saturated rings. The van der Waals surface area contributed by atoms with Gasteiger partial charge >= 0.3 is 10.4 Å². The van der Waals surface area contributed by atoms with Crippen LogP contribution >= 0.6 is 0 Å². The predicted octanol–water partition coefficient (Wildman–Crippen LogP) is -0.0109. The molecule has 100 valence electrons. The number of rotatable bonds is 6. The summed E-state index contributed by atoms with van der Waals surface area (Å²) >= 11 is 0. The summed E-state index contributed by atoms with van der Waals surface area (Å²) in [6.45, 7) is 4.50. The van der Waals surface area contributed by atoms with Crippen molar-refractivity contribution < 1.29 is 26.4 Å². The zero-order chi connectivity index (χ0) is 13.2. The third-order valence-corrected chi connectivity index (χ3v) is 2.34. The molecule has 0 aromatic carbocycles. The lowest BCUT2D eigenvalue weighted by Gasteiger charge is -2.21. The van der Waals surface area contributed by atoms with Crippen LogP contribution in [0.4, 0.5) is 0 Å². The first-order valence-corrected chi connectivity index (χ1v) is 6.47. The minimum atomic E-state index is -3.68. The van der Waals surface area contributed by atoms with Crippen LogP contribution in [0, 0.1) is 0 Å². The van der Waals surface area contributed by atoms with Gasteiger partial charge in [0.15, 0.2) is 0 Å². The van der Waals surface area contributed by atoms with E-state index in [-0.39, 0.29) is 19.8 Å². The number of quaternary nitrogens is 1. The Morgan fingerprint density at radius 3 is 1.56 bits per heavy atom. The van der Waals surface area contributed by atoms with Gasteiger partial charge in [-0.1, -0.05) is 0 Å². The molecule has 0 radical (unpaired) electrons. The van der Waals surface area contributed by atoms with E-state index in [1.807, 2.05) is 0 Å². The van der Waals surface area contributed by atoms with E-state index < -0.39 is 10.4 Å². The molecule has 0 aromatic rings. The predicted molar refractivity (Wildman–Crippen MR) is 62.2 cm³/mol. The lowest BCUT2D eigenvalue weighted by molar-refractivity contribution is -0.870. The van der Waals surface area contributed by atoms with Crippen LogP contribution in [-0.2, 0) is 18.8 Å². The summed E-state index contributed by atoms with van der Waals surface area (Å²) in [5.74, 6) is 0. The molecule has 0 amide bonds. The van der Waals surface area contributed by atoms with Crippen LogP contribution in [0.3, 0.4) is 0 Å². The van der Waals surface area contributed by atoms with Crippen molar-refractivity contribution in [3.63, 3.8) is 0 Å². The number of nitrogens with zero attached hydrogens (tertiary/aromatic N) is 1. The maximum Gasteiger partial charge on any atom is 0.399 e. The SMILES string of the molecule is CCOS(=O)(=O)OCC.C[N+](C)(C)CCO. The van der Waals surface area contributed by atoms with E-state index in [4.69, 9.17) is 5.11 Å². The summed E-state index contributed by atoms with van der Waals surface area (Å²) in [5.41, 5.74) is 0. The molecule has 6 nitrogen and oxygen atoms in total. The fourth-order valence-corrected chi connectivity index (χ4v) is 1.27. The molecule has 0 aliphatic carbocycles. The third-order valence-electron chi connectivity index (χ3n) is 1.30. The van der Waals surface area contributed by atoms with Gasteiger partial charge in [0.2, 0.25) is 0 Å². The van der Waals surface area contributed by atoms with Crippen molar-refractivity contribution in [3.8, 4) is 0 Å². The first kappa shape index (κ1) is 18.2. The summed E-state index contributed by atoms with van der Waals surface area (Å²) in [6.07, 6.45) is 0. The molecule has 0 unspecified atom stereocenters. The van der Waals surface area contributed by atoms with Crippen LogP contribution in [0.2, 0.25) is 0 Å². The second kappa shape index (κ2) is 8.89. The fraction of sp³-hybridized carbons (Fsp3) is 1.00. The molecule has 0 aromatic heterocycles. The molecule has 0 aliphatic heterocycles. The van der Waals surface area contributed by atoms with Gasteiger partial charge in [0.1, 0.15) is 6.54 Å². The number of aliphatic hydroxyl groups excluding tert-OH is 1. The van der Waals surface area contributed by atoms with E-state index in [1.54, 1.807) is 13.8 Å². The van der Waals surface area contributed by atoms with Crippen molar-refractivity contribution in [1.29, 1.82) is 0 Å². The highest BCUT2D eigenvalue weighted by Gasteiger charge is 2.06. The molecule has 0 saturated carbocycles. The van der Waals surface area contributed by atoms with Crippen molar-refractivity contribution in [1.82, 2.24) is 0 Å². The summed E-state index contributed by atoms with van der Waals surface area (Å²) in [7, 11) is 2.47. The van der Waals surface area contributed by atoms with E-state index in [0.29, 0.717) is 0 Å². The minimum absolute atomic E-state index is 0.113. The molecule has 7 heteroatoms. The number of likely N-dealkylation sites (N-methyl/N-ethyl adjacent to an activating group) is 1. The summed E-state index contributed by atoms with van der Waals surface area (Å²) in [6, 6.07) is 0. The van der Waals surface area contributed by atoms with Crippen LogP contribution in [0.1, 0.15) is 13.8 Å². The topological polar surface area (TPSA) is 72.8 Å². The highest BCUT2D eigenvalue weighted by molar-refractivity contribution is 7.81. The lowest BCUT2D eigenvalue weighted by atomic mass is 10.5. The molecule has 0 saturated heterocycles. The minimum Gasteiger partial charge on any atom is -0.391 e. The molecular formula is C9H24NO5S+. The van der Waals surface area contributed by atoms with Crippen LogP contribution in [0.25, 0.3) is 0 Å². The molecule has 0 heterocycles. The van der Waals surface area contributed by atoms with Gasteiger partial charge in [-0.3, -0.25) is 0 Å². The highest BCUT2D eigenvalue weighted by atomic mass is 32.3. The molecular weight excluding hydrogens is 234 g/mol. The standard InChI is InChI=1S/C5H14NO.C4H10O4S/c1-6(2,3)4-5-7;1-3-7-9(5,6)8-4-2/h7H,4-5H2,1-3H3;3-4H2,1-2H3/q+1;. The van der Waals surface area contributed by atoms with Gasteiger partial charge in [0, 0.05) is 0 Å². The number of hydrogen-bond donors (Lipinski definition) is 1.